The normalized spacial score (nSPS) is 18.6. The number of carbonyl (C=O) groups excluding carboxylic acids is 2. The van der Waals surface area contributed by atoms with E-state index in [9.17, 15) is 23.7 Å². The monoisotopic (exact) mass is 637 g/mol. The number of benzene rings is 1. The first-order valence-electron chi connectivity index (χ1n) is 14.8. The molecule has 0 spiro atoms. The maximum atomic E-state index is 14.3. The summed E-state index contributed by atoms with van der Waals surface area (Å²) in [6.45, 7) is 9.93. The van der Waals surface area contributed by atoms with Crippen LogP contribution >= 0.6 is 7.52 Å². The lowest BCUT2D eigenvalue weighted by atomic mass is 10.1. The molecule has 2 aromatic rings. The molecule has 0 radical (unpaired) electrons. The van der Waals surface area contributed by atoms with Gasteiger partial charge in [0.1, 0.15) is 24.4 Å². The quantitative estimate of drug-likeness (QED) is 0.191. The van der Waals surface area contributed by atoms with Crippen LogP contribution in [0.2, 0.25) is 0 Å². The van der Waals surface area contributed by atoms with Crippen molar-refractivity contribution in [2.45, 2.75) is 78.7 Å². The zero-order valence-corrected chi connectivity index (χ0v) is 26.9. The molecule has 0 aliphatic carbocycles. The van der Waals surface area contributed by atoms with Crippen LogP contribution in [0.3, 0.4) is 0 Å². The molecule has 1 aromatic carbocycles. The van der Waals surface area contributed by atoms with Gasteiger partial charge in [0.25, 0.3) is 5.56 Å². The van der Waals surface area contributed by atoms with Crippen LogP contribution in [-0.4, -0.2) is 59.8 Å². The van der Waals surface area contributed by atoms with Crippen molar-refractivity contribution in [1.82, 2.24) is 14.6 Å². The van der Waals surface area contributed by atoms with E-state index >= 15 is 0 Å². The number of aromatic amines is 1. The summed E-state index contributed by atoms with van der Waals surface area (Å²) < 4.78 is 43.8. The van der Waals surface area contributed by atoms with E-state index in [2.05, 4.69) is 10.1 Å². The molecule has 2 N–H and O–H groups in total. The second-order valence-electron chi connectivity index (χ2n) is 11.6. The molecule has 4 atom stereocenters. The largest absolute Gasteiger partial charge is 0.466 e. The highest BCUT2D eigenvalue weighted by Crippen LogP contribution is 2.45. The fourth-order valence-electron chi connectivity index (χ4n) is 4.18. The minimum absolute atomic E-state index is 0.0729. The van der Waals surface area contributed by atoms with Crippen LogP contribution < -0.4 is 20.9 Å². The SMILES string of the molecule is Cc1cn(C2C[C@@H](OCP(=O)(N[C@@H](CC(=O)OCCC(C)C)C(=O)OCCC(C)C)Oc3ccccc3)CO2)c(=O)[nH]c1=O. The molecule has 1 aromatic heterocycles. The topological polar surface area (TPSA) is 164 Å². The van der Waals surface area contributed by atoms with Crippen LogP contribution in [0.25, 0.3) is 0 Å². The number of aryl methyl sites for hydroxylation is 1. The van der Waals surface area contributed by atoms with Crippen molar-refractivity contribution in [1.29, 1.82) is 0 Å². The highest BCUT2D eigenvalue weighted by molar-refractivity contribution is 7.57. The number of nitrogens with one attached hydrogen (secondary N) is 2. The average molecular weight is 638 g/mol. The van der Waals surface area contributed by atoms with Gasteiger partial charge in [0.05, 0.1) is 32.3 Å². The Hall–Kier alpha value is -3.25. The lowest BCUT2D eigenvalue weighted by molar-refractivity contribution is -0.152. The van der Waals surface area contributed by atoms with Gasteiger partial charge in [-0.3, -0.25) is 28.5 Å². The second kappa shape index (κ2) is 16.7. The van der Waals surface area contributed by atoms with E-state index < -0.39 is 61.8 Å². The molecule has 1 saturated heterocycles. The Balaban J connectivity index is 1.76. The zero-order chi connectivity index (χ0) is 32.3. The second-order valence-corrected chi connectivity index (χ2v) is 13.7. The van der Waals surface area contributed by atoms with Gasteiger partial charge in [-0.1, -0.05) is 45.9 Å². The molecule has 2 heterocycles. The first-order valence-corrected chi connectivity index (χ1v) is 16.6. The van der Waals surface area contributed by atoms with E-state index in [4.69, 9.17) is 23.5 Å². The van der Waals surface area contributed by atoms with Crippen LogP contribution in [0.5, 0.6) is 5.75 Å². The van der Waals surface area contributed by atoms with Gasteiger partial charge in [0.2, 0.25) is 0 Å². The molecule has 1 aliphatic rings. The Labute approximate surface area is 257 Å². The zero-order valence-electron chi connectivity index (χ0n) is 26.0. The van der Waals surface area contributed by atoms with E-state index in [1.165, 1.54) is 10.8 Å². The van der Waals surface area contributed by atoms with E-state index in [-0.39, 0.29) is 37.9 Å². The summed E-state index contributed by atoms with van der Waals surface area (Å²) in [7, 11) is -4.02. The Morgan fingerprint density at radius 2 is 1.73 bits per heavy atom. The van der Waals surface area contributed by atoms with Gasteiger partial charge in [-0.25, -0.2) is 9.88 Å². The third-order valence-corrected chi connectivity index (χ3v) is 8.48. The number of carbonyl (C=O) groups is 2. The molecule has 0 saturated carbocycles. The van der Waals surface area contributed by atoms with Crippen LogP contribution in [0.1, 0.15) is 65.2 Å². The van der Waals surface area contributed by atoms with E-state index in [0.717, 1.165) is 0 Å². The number of H-pyrrole nitrogens is 1. The number of hydrogen-bond donors (Lipinski definition) is 2. The number of ether oxygens (including phenoxy) is 4. The van der Waals surface area contributed by atoms with Gasteiger partial charge in [0.15, 0.2) is 0 Å². The minimum atomic E-state index is -4.02. The van der Waals surface area contributed by atoms with Crippen LogP contribution in [0.15, 0.2) is 46.1 Å². The Morgan fingerprint density at radius 3 is 2.39 bits per heavy atom. The molecule has 244 valence electrons. The molecule has 1 aliphatic heterocycles. The molecule has 0 bridgehead atoms. The highest BCUT2D eigenvalue weighted by Gasteiger charge is 2.37. The van der Waals surface area contributed by atoms with Crippen molar-refractivity contribution in [3.8, 4) is 5.75 Å². The number of para-hydroxylation sites is 1. The number of aromatic nitrogens is 2. The van der Waals surface area contributed by atoms with E-state index in [1.807, 2.05) is 27.7 Å². The van der Waals surface area contributed by atoms with Gasteiger partial charge < -0.3 is 23.5 Å². The van der Waals surface area contributed by atoms with Gasteiger partial charge in [-0.05, 0) is 43.7 Å². The lowest BCUT2D eigenvalue weighted by Gasteiger charge is -2.26. The summed E-state index contributed by atoms with van der Waals surface area (Å²) in [5.41, 5.74) is -0.759. The summed E-state index contributed by atoms with van der Waals surface area (Å²) in [4.78, 5) is 52.1. The smallest absolute Gasteiger partial charge is 0.342 e. The summed E-state index contributed by atoms with van der Waals surface area (Å²) in [5.74, 6) is -0.552. The van der Waals surface area contributed by atoms with E-state index in [0.29, 0.717) is 24.3 Å². The van der Waals surface area contributed by atoms with E-state index in [1.54, 1.807) is 37.3 Å². The first-order chi connectivity index (χ1) is 20.8. The average Bonchev–Trinajstić information content (AvgIpc) is 3.42. The third-order valence-electron chi connectivity index (χ3n) is 6.78. The van der Waals surface area contributed by atoms with Gasteiger partial charge in [-0.2, -0.15) is 0 Å². The Morgan fingerprint density at radius 1 is 1.07 bits per heavy atom. The molecule has 14 heteroatoms. The predicted octanol–water partition coefficient (Wildman–Crippen LogP) is 3.91. The van der Waals surface area contributed by atoms with Crippen LogP contribution in [0.4, 0.5) is 0 Å². The number of rotatable bonds is 17. The van der Waals surface area contributed by atoms with Crippen LogP contribution in [0, 0.1) is 18.8 Å². The minimum Gasteiger partial charge on any atom is -0.466 e. The predicted molar refractivity (Wildman–Crippen MR) is 162 cm³/mol. The van der Waals surface area contributed by atoms with Crippen LogP contribution in [-0.2, 0) is 33.1 Å². The van der Waals surface area contributed by atoms with Crippen molar-refractivity contribution in [3.63, 3.8) is 0 Å². The summed E-state index contributed by atoms with van der Waals surface area (Å²) in [5, 5.41) is 2.73. The van der Waals surface area contributed by atoms with Crippen molar-refractivity contribution < 1.29 is 37.6 Å². The Kier molecular flexibility index (Phi) is 13.4. The number of esters is 2. The van der Waals surface area contributed by atoms with Gasteiger partial charge in [-0.15, -0.1) is 0 Å². The maximum Gasteiger partial charge on any atom is 0.342 e. The van der Waals surface area contributed by atoms with Crippen molar-refractivity contribution >= 4 is 19.5 Å². The van der Waals surface area contributed by atoms with Crippen molar-refractivity contribution in [2.24, 2.45) is 11.8 Å². The third kappa shape index (κ3) is 11.4. The summed E-state index contributed by atoms with van der Waals surface area (Å²) in [6.07, 6.45) is 0.681. The maximum absolute atomic E-state index is 14.3. The number of nitrogens with zero attached hydrogens (tertiary/aromatic N) is 1. The number of hydrogen-bond acceptors (Lipinski definition) is 10. The molecule has 2 unspecified atom stereocenters. The van der Waals surface area contributed by atoms with Crippen molar-refractivity contribution in [3.05, 3.63) is 62.9 Å². The molecule has 44 heavy (non-hydrogen) atoms. The molecule has 0 amide bonds. The summed E-state index contributed by atoms with van der Waals surface area (Å²) >= 11 is 0. The van der Waals surface area contributed by atoms with Gasteiger partial charge >= 0.3 is 25.1 Å². The standard InChI is InChI=1S/C30H44N3O10P/c1-20(2)11-13-39-27(34)16-25(29(36)40-14-12-21(3)4)32-44(38,43-23-9-7-6-8-10-23)19-42-24-15-26(41-18-24)33-17-22(5)28(35)31-30(33)37/h6-10,17,20-21,24-26H,11-16,18-19H2,1-5H3,(H,32,38)(H,31,35,37)/t24-,25+,26?,44?/m1/s1. The molecular weight excluding hydrogens is 593 g/mol. The summed E-state index contributed by atoms with van der Waals surface area (Å²) in [6, 6.07) is 7.03. The molecule has 13 nitrogen and oxygen atoms in total. The lowest BCUT2D eigenvalue weighted by Crippen LogP contribution is -2.40. The molecule has 3 rings (SSSR count). The fourth-order valence-corrected chi connectivity index (χ4v) is 5.90. The molecular formula is C30H44N3O10P. The highest BCUT2D eigenvalue weighted by atomic mass is 31.2. The Bertz CT molecular complexity index is 1390. The fraction of sp³-hybridized carbons (Fsp3) is 0.600. The first kappa shape index (κ1) is 35.2. The van der Waals surface area contributed by atoms with Crippen molar-refractivity contribution in [2.75, 3.05) is 26.2 Å². The van der Waals surface area contributed by atoms with Gasteiger partial charge in [0, 0.05) is 18.2 Å². The molecule has 1 fully saturated rings.